The number of aromatic nitrogens is 1. The van der Waals surface area contributed by atoms with Gasteiger partial charge in [-0.15, -0.1) is 11.3 Å². The zero-order valence-corrected chi connectivity index (χ0v) is 9.82. The van der Waals surface area contributed by atoms with Crippen molar-refractivity contribution in [2.24, 2.45) is 0 Å². The minimum atomic E-state index is 0.138. The predicted molar refractivity (Wildman–Crippen MR) is 65.5 cm³/mol. The van der Waals surface area contributed by atoms with Crippen LogP contribution in [-0.4, -0.2) is 17.2 Å². The average molecular weight is 247 g/mol. The number of furan rings is 1. The summed E-state index contributed by atoms with van der Waals surface area (Å²) >= 11 is 1.40. The van der Waals surface area contributed by atoms with Crippen molar-refractivity contribution in [1.29, 1.82) is 0 Å². The third-order valence-corrected chi connectivity index (χ3v) is 3.67. The molecule has 3 aromatic rings. The number of hydrogen-bond donors (Lipinski definition) is 1. The van der Waals surface area contributed by atoms with Gasteiger partial charge in [-0.3, -0.25) is 4.98 Å². The lowest BCUT2D eigenvalue weighted by Crippen LogP contribution is -1.82. The SMILES string of the molecule is COc1ccnc2c(O)c(-c3ccco3)sc12. The molecule has 0 amide bonds. The topological polar surface area (TPSA) is 55.5 Å². The van der Waals surface area contributed by atoms with Crippen LogP contribution in [0.25, 0.3) is 20.9 Å². The number of nitrogens with zero attached hydrogens (tertiary/aromatic N) is 1. The van der Waals surface area contributed by atoms with Gasteiger partial charge in [0.25, 0.3) is 0 Å². The lowest BCUT2D eigenvalue weighted by Gasteiger charge is -1.98. The second-order valence-corrected chi connectivity index (χ2v) is 4.47. The Morgan fingerprint density at radius 1 is 1.41 bits per heavy atom. The molecule has 0 saturated heterocycles. The molecule has 3 rings (SSSR count). The maximum absolute atomic E-state index is 10.1. The summed E-state index contributed by atoms with van der Waals surface area (Å²) in [5, 5.41) is 10.1. The van der Waals surface area contributed by atoms with E-state index < -0.39 is 0 Å². The van der Waals surface area contributed by atoms with Crippen LogP contribution in [0.5, 0.6) is 11.5 Å². The smallest absolute Gasteiger partial charge is 0.163 e. The maximum Gasteiger partial charge on any atom is 0.163 e. The minimum Gasteiger partial charge on any atom is -0.504 e. The van der Waals surface area contributed by atoms with E-state index >= 15 is 0 Å². The molecular weight excluding hydrogens is 238 g/mol. The highest BCUT2D eigenvalue weighted by Gasteiger charge is 2.18. The van der Waals surface area contributed by atoms with Crippen molar-refractivity contribution in [2.45, 2.75) is 0 Å². The van der Waals surface area contributed by atoms with Crippen LogP contribution in [0.3, 0.4) is 0 Å². The summed E-state index contributed by atoms with van der Waals surface area (Å²) in [6.45, 7) is 0. The van der Waals surface area contributed by atoms with E-state index in [0.29, 0.717) is 21.9 Å². The molecule has 0 aliphatic rings. The summed E-state index contributed by atoms with van der Waals surface area (Å²) in [6.07, 6.45) is 3.18. The van der Waals surface area contributed by atoms with E-state index in [-0.39, 0.29) is 5.75 Å². The fraction of sp³-hybridized carbons (Fsp3) is 0.0833. The normalized spacial score (nSPS) is 10.9. The Hall–Kier alpha value is -2.01. The van der Waals surface area contributed by atoms with Crippen LogP contribution in [0.1, 0.15) is 0 Å². The molecular formula is C12H9NO3S. The number of fused-ring (bicyclic) bond motifs is 1. The first-order valence-electron chi connectivity index (χ1n) is 4.99. The third kappa shape index (κ3) is 1.47. The first-order chi connectivity index (χ1) is 8.31. The summed E-state index contributed by atoms with van der Waals surface area (Å²) in [7, 11) is 1.60. The Kier molecular flexibility index (Phi) is 2.26. The number of aromatic hydroxyl groups is 1. The van der Waals surface area contributed by atoms with Gasteiger partial charge in [0, 0.05) is 6.20 Å². The molecule has 0 unspecified atom stereocenters. The maximum atomic E-state index is 10.1. The second kappa shape index (κ2) is 3.78. The van der Waals surface area contributed by atoms with E-state index in [1.165, 1.54) is 11.3 Å². The fourth-order valence-corrected chi connectivity index (χ4v) is 2.80. The Labute approximate surface area is 101 Å². The number of thiophene rings is 1. The van der Waals surface area contributed by atoms with Gasteiger partial charge in [-0.2, -0.15) is 0 Å². The molecule has 0 aromatic carbocycles. The first-order valence-corrected chi connectivity index (χ1v) is 5.81. The van der Waals surface area contributed by atoms with Gasteiger partial charge in [0.2, 0.25) is 0 Å². The molecule has 5 heteroatoms. The summed E-state index contributed by atoms with van der Waals surface area (Å²) < 4.78 is 11.3. The van der Waals surface area contributed by atoms with Gasteiger partial charge >= 0.3 is 0 Å². The summed E-state index contributed by atoms with van der Waals surface area (Å²) in [4.78, 5) is 4.83. The molecule has 1 N–H and O–H groups in total. The van der Waals surface area contributed by atoms with Crippen molar-refractivity contribution < 1.29 is 14.3 Å². The Bertz CT molecular complexity index is 658. The predicted octanol–water partition coefficient (Wildman–Crippen LogP) is 3.27. The number of ether oxygens (including phenoxy) is 1. The van der Waals surface area contributed by atoms with Gasteiger partial charge in [-0.25, -0.2) is 0 Å². The van der Waals surface area contributed by atoms with E-state index in [0.717, 1.165) is 4.70 Å². The van der Waals surface area contributed by atoms with Crippen LogP contribution in [0.15, 0.2) is 35.1 Å². The van der Waals surface area contributed by atoms with E-state index in [4.69, 9.17) is 9.15 Å². The van der Waals surface area contributed by atoms with Crippen LogP contribution in [0.2, 0.25) is 0 Å². The lowest BCUT2D eigenvalue weighted by atomic mass is 10.3. The van der Waals surface area contributed by atoms with Crippen molar-refractivity contribution in [3.63, 3.8) is 0 Å². The molecule has 3 heterocycles. The highest BCUT2D eigenvalue weighted by molar-refractivity contribution is 7.23. The van der Waals surface area contributed by atoms with E-state index in [1.807, 2.05) is 0 Å². The van der Waals surface area contributed by atoms with Crippen LogP contribution in [-0.2, 0) is 0 Å². The second-order valence-electron chi connectivity index (χ2n) is 3.45. The molecule has 0 bridgehead atoms. The Balaban J connectivity index is 2.32. The monoisotopic (exact) mass is 247 g/mol. The molecule has 0 radical (unpaired) electrons. The van der Waals surface area contributed by atoms with Crippen LogP contribution < -0.4 is 4.74 Å². The number of pyridine rings is 1. The molecule has 0 aliphatic heterocycles. The summed E-state index contributed by atoms with van der Waals surface area (Å²) in [6, 6.07) is 5.35. The van der Waals surface area contributed by atoms with E-state index in [9.17, 15) is 5.11 Å². The van der Waals surface area contributed by atoms with Gasteiger partial charge < -0.3 is 14.3 Å². The van der Waals surface area contributed by atoms with Crippen LogP contribution >= 0.6 is 11.3 Å². The minimum absolute atomic E-state index is 0.138. The number of hydrogen-bond acceptors (Lipinski definition) is 5. The molecule has 86 valence electrons. The largest absolute Gasteiger partial charge is 0.504 e. The molecule has 0 spiro atoms. The van der Waals surface area contributed by atoms with Crippen molar-refractivity contribution in [2.75, 3.05) is 7.11 Å². The highest BCUT2D eigenvalue weighted by atomic mass is 32.1. The molecule has 4 nitrogen and oxygen atoms in total. The highest BCUT2D eigenvalue weighted by Crippen LogP contribution is 2.45. The van der Waals surface area contributed by atoms with E-state index in [2.05, 4.69) is 4.98 Å². The van der Waals surface area contributed by atoms with Gasteiger partial charge in [0.1, 0.15) is 21.9 Å². The van der Waals surface area contributed by atoms with Crippen molar-refractivity contribution >= 4 is 21.6 Å². The zero-order valence-electron chi connectivity index (χ0n) is 9.01. The molecule has 17 heavy (non-hydrogen) atoms. The van der Waals surface area contributed by atoms with Crippen LogP contribution in [0, 0.1) is 0 Å². The van der Waals surface area contributed by atoms with Gasteiger partial charge in [-0.05, 0) is 18.2 Å². The van der Waals surface area contributed by atoms with Crippen LogP contribution in [0.4, 0.5) is 0 Å². The molecule has 0 fully saturated rings. The fourth-order valence-electron chi connectivity index (χ4n) is 1.69. The quantitative estimate of drug-likeness (QED) is 0.755. The molecule has 0 aliphatic carbocycles. The molecule has 0 atom stereocenters. The number of methoxy groups -OCH3 is 1. The summed E-state index contributed by atoms with van der Waals surface area (Å²) in [5.74, 6) is 1.47. The lowest BCUT2D eigenvalue weighted by molar-refractivity contribution is 0.420. The molecule has 3 aromatic heterocycles. The van der Waals surface area contributed by atoms with Gasteiger partial charge in [0.15, 0.2) is 5.75 Å². The number of rotatable bonds is 2. The van der Waals surface area contributed by atoms with E-state index in [1.54, 1.807) is 37.8 Å². The summed E-state index contributed by atoms with van der Waals surface area (Å²) in [5.41, 5.74) is 0.542. The standard InChI is InChI=1S/C12H9NO3S/c1-15-7-4-5-13-9-10(14)12(17-11(7)9)8-3-2-6-16-8/h2-6,14H,1H3. The Morgan fingerprint density at radius 2 is 2.29 bits per heavy atom. The third-order valence-electron chi connectivity index (χ3n) is 2.48. The van der Waals surface area contributed by atoms with Crippen molar-refractivity contribution in [3.8, 4) is 22.1 Å². The van der Waals surface area contributed by atoms with Crippen molar-refractivity contribution in [3.05, 3.63) is 30.7 Å². The zero-order chi connectivity index (χ0) is 11.8. The van der Waals surface area contributed by atoms with Gasteiger partial charge in [-0.1, -0.05) is 0 Å². The first kappa shape index (κ1) is 10.2. The Morgan fingerprint density at radius 3 is 3.00 bits per heavy atom. The molecule has 0 saturated carbocycles. The average Bonchev–Trinajstić information content (AvgIpc) is 2.97. The van der Waals surface area contributed by atoms with Gasteiger partial charge in [0.05, 0.1) is 18.1 Å². The van der Waals surface area contributed by atoms with Crippen molar-refractivity contribution in [1.82, 2.24) is 4.98 Å².